The molecule has 5 rings (SSSR count). The molecule has 0 fully saturated rings. The summed E-state index contributed by atoms with van der Waals surface area (Å²) in [5.41, 5.74) is 2.60. The molecule has 0 saturated heterocycles. The van der Waals surface area contributed by atoms with Crippen molar-refractivity contribution < 1.29 is 14.0 Å². The van der Waals surface area contributed by atoms with Crippen LogP contribution in [0.15, 0.2) is 68.6 Å². The second-order valence-electron chi connectivity index (χ2n) is 6.13. The molecule has 0 radical (unpaired) electrons. The van der Waals surface area contributed by atoms with E-state index in [1.807, 2.05) is 54.6 Å². The maximum absolute atomic E-state index is 5.41. The van der Waals surface area contributed by atoms with Gasteiger partial charge in [-0.2, -0.15) is 4.98 Å². The Morgan fingerprint density at radius 2 is 1.72 bits per heavy atom. The third-order valence-electron chi connectivity index (χ3n) is 4.22. The summed E-state index contributed by atoms with van der Waals surface area (Å²) in [5.74, 6) is 3.09. The number of aromatic nitrogens is 4. The molecule has 0 spiro atoms. The van der Waals surface area contributed by atoms with Crippen molar-refractivity contribution in [1.29, 1.82) is 0 Å². The highest BCUT2D eigenvalue weighted by atomic mass is 79.9. The third-order valence-corrected chi connectivity index (χ3v) is 5.66. The van der Waals surface area contributed by atoms with Crippen molar-refractivity contribution in [3.05, 3.63) is 65.0 Å². The van der Waals surface area contributed by atoms with Gasteiger partial charge in [-0.05, 0) is 54.6 Å². The van der Waals surface area contributed by atoms with E-state index in [1.54, 1.807) is 0 Å². The lowest BCUT2D eigenvalue weighted by atomic mass is 10.1. The van der Waals surface area contributed by atoms with Crippen molar-refractivity contribution >= 4 is 27.7 Å². The molecule has 4 aromatic rings. The van der Waals surface area contributed by atoms with Crippen LogP contribution in [0.3, 0.4) is 0 Å². The van der Waals surface area contributed by atoms with Gasteiger partial charge >= 0.3 is 0 Å². The summed E-state index contributed by atoms with van der Waals surface area (Å²) >= 11 is 4.90. The molecule has 0 aliphatic carbocycles. The Hall–Kier alpha value is -2.91. The molecule has 1 aliphatic rings. The molecule has 0 N–H and O–H groups in total. The van der Waals surface area contributed by atoms with E-state index in [-0.39, 0.29) is 6.79 Å². The van der Waals surface area contributed by atoms with E-state index in [4.69, 9.17) is 14.0 Å². The number of fused-ring (bicyclic) bond motifs is 1. The quantitative estimate of drug-likeness (QED) is 0.379. The molecule has 144 valence electrons. The lowest BCUT2D eigenvalue weighted by Gasteiger charge is -2.03. The van der Waals surface area contributed by atoms with Gasteiger partial charge in [-0.25, -0.2) is 0 Å². The highest BCUT2D eigenvalue weighted by molar-refractivity contribution is 9.10. The number of hydrogen-bond acceptors (Lipinski definition) is 8. The highest BCUT2D eigenvalue weighted by Gasteiger charge is 2.15. The average Bonchev–Trinajstić information content (AvgIpc) is 3.42. The highest BCUT2D eigenvalue weighted by Crippen LogP contribution is 2.35. The molecule has 0 amide bonds. The first-order valence-corrected chi connectivity index (χ1v) is 10.5. The largest absolute Gasteiger partial charge is 0.454 e. The van der Waals surface area contributed by atoms with Crippen molar-refractivity contribution in [3.63, 3.8) is 0 Å². The number of nitrogens with zero attached hydrogens (tertiary/aromatic N) is 4. The summed E-state index contributed by atoms with van der Waals surface area (Å²) in [6.07, 6.45) is 0. The zero-order valence-electron chi connectivity index (χ0n) is 14.9. The van der Waals surface area contributed by atoms with Crippen LogP contribution < -0.4 is 9.47 Å². The Morgan fingerprint density at radius 1 is 0.897 bits per heavy atom. The first-order valence-electron chi connectivity index (χ1n) is 8.70. The summed E-state index contributed by atoms with van der Waals surface area (Å²) in [7, 11) is 0. The smallest absolute Gasteiger partial charge is 0.237 e. The number of halogens is 1. The van der Waals surface area contributed by atoms with E-state index in [0.717, 1.165) is 37.8 Å². The number of rotatable bonds is 5. The van der Waals surface area contributed by atoms with E-state index in [0.29, 0.717) is 17.5 Å². The molecule has 0 atom stereocenters. The minimum atomic E-state index is 0.249. The van der Waals surface area contributed by atoms with Gasteiger partial charge in [-0.1, -0.05) is 32.8 Å². The molecule has 29 heavy (non-hydrogen) atoms. The molecule has 3 heterocycles. The first kappa shape index (κ1) is 18.1. The lowest BCUT2D eigenvalue weighted by molar-refractivity contribution is 0.174. The molecule has 7 nitrogen and oxygen atoms in total. The predicted molar refractivity (Wildman–Crippen MR) is 111 cm³/mol. The topological polar surface area (TPSA) is 83.2 Å². The number of ether oxygens (including phenoxy) is 2. The van der Waals surface area contributed by atoms with Crippen LogP contribution in [0.2, 0.25) is 0 Å². The van der Waals surface area contributed by atoms with Gasteiger partial charge in [0.15, 0.2) is 11.5 Å². The van der Waals surface area contributed by atoms with Gasteiger partial charge in [0.1, 0.15) is 5.03 Å². The molecule has 1 aliphatic heterocycles. The standard InChI is InChI=1S/C20H13BrN4O3S/c21-14-4-1-12(2-5-14)20-22-18(28-25-20)10-29-19-8-6-15(23-24-19)13-3-7-16-17(9-13)27-11-26-16/h1-9H,10-11H2. The van der Waals surface area contributed by atoms with Crippen molar-refractivity contribution in [1.82, 2.24) is 20.3 Å². The summed E-state index contributed by atoms with van der Waals surface area (Å²) in [4.78, 5) is 4.44. The fraction of sp³-hybridized carbons (Fsp3) is 0.100. The van der Waals surface area contributed by atoms with Crippen LogP contribution in [0.1, 0.15) is 5.89 Å². The van der Waals surface area contributed by atoms with Gasteiger partial charge in [0.25, 0.3) is 0 Å². The van der Waals surface area contributed by atoms with E-state index in [2.05, 4.69) is 36.3 Å². The fourth-order valence-electron chi connectivity index (χ4n) is 2.77. The van der Waals surface area contributed by atoms with Crippen LogP contribution in [0.25, 0.3) is 22.6 Å². The molecule has 0 unspecified atom stereocenters. The fourth-order valence-corrected chi connectivity index (χ4v) is 3.69. The van der Waals surface area contributed by atoms with Crippen LogP contribution in [0.4, 0.5) is 0 Å². The maximum Gasteiger partial charge on any atom is 0.237 e. The Morgan fingerprint density at radius 3 is 2.55 bits per heavy atom. The minimum Gasteiger partial charge on any atom is -0.454 e. The van der Waals surface area contributed by atoms with Crippen molar-refractivity contribution in [2.45, 2.75) is 10.8 Å². The maximum atomic E-state index is 5.41. The van der Waals surface area contributed by atoms with E-state index in [9.17, 15) is 0 Å². The monoisotopic (exact) mass is 468 g/mol. The van der Waals surface area contributed by atoms with Gasteiger partial charge in [-0.3, -0.25) is 0 Å². The Balaban J connectivity index is 1.24. The van der Waals surface area contributed by atoms with E-state index in [1.165, 1.54) is 11.8 Å². The van der Waals surface area contributed by atoms with Gasteiger partial charge in [0.2, 0.25) is 18.5 Å². The Kier molecular flexibility index (Phi) is 4.91. The Labute approximate surface area is 178 Å². The zero-order chi connectivity index (χ0) is 19.6. The second kappa shape index (κ2) is 7.84. The Bertz CT molecular complexity index is 1150. The lowest BCUT2D eigenvalue weighted by Crippen LogP contribution is -1.93. The number of benzene rings is 2. The first-order chi connectivity index (χ1) is 14.2. The molecule has 0 bridgehead atoms. The summed E-state index contributed by atoms with van der Waals surface area (Å²) in [6, 6.07) is 17.3. The zero-order valence-corrected chi connectivity index (χ0v) is 17.3. The molecule has 0 saturated carbocycles. The summed E-state index contributed by atoms with van der Waals surface area (Å²) < 4.78 is 17.1. The average molecular weight is 469 g/mol. The third kappa shape index (κ3) is 3.96. The van der Waals surface area contributed by atoms with Gasteiger partial charge in [-0.15, -0.1) is 10.2 Å². The van der Waals surface area contributed by atoms with Crippen molar-refractivity contribution in [2.75, 3.05) is 6.79 Å². The molecule has 2 aromatic heterocycles. The predicted octanol–water partition coefficient (Wildman–Crippen LogP) is 4.98. The minimum absolute atomic E-state index is 0.249. The van der Waals surface area contributed by atoms with Crippen LogP contribution in [-0.2, 0) is 5.75 Å². The molecule has 9 heteroatoms. The number of hydrogen-bond donors (Lipinski definition) is 0. The van der Waals surface area contributed by atoms with Gasteiger partial charge < -0.3 is 14.0 Å². The normalized spacial score (nSPS) is 12.3. The second-order valence-corrected chi connectivity index (χ2v) is 8.04. The van der Waals surface area contributed by atoms with Crippen LogP contribution in [-0.4, -0.2) is 27.1 Å². The van der Waals surface area contributed by atoms with Gasteiger partial charge in [0, 0.05) is 15.6 Å². The van der Waals surface area contributed by atoms with Crippen LogP contribution in [0, 0.1) is 0 Å². The molecular formula is C20H13BrN4O3S. The number of thioether (sulfide) groups is 1. The van der Waals surface area contributed by atoms with Gasteiger partial charge in [0.05, 0.1) is 11.4 Å². The van der Waals surface area contributed by atoms with Crippen LogP contribution in [0.5, 0.6) is 11.5 Å². The molecule has 2 aromatic carbocycles. The molecular weight excluding hydrogens is 456 g/mol. The van der Waals surface area contributed by atoms with Crippen LogP contribution >= 0.6 is 27.7 Å². The summed E-state index contributed by atoms with van der Waals surface area (Å²) in [6.45, 7) is 0.249. The van der Waals surface area contributed by atoms with E-state index >= 15 is 0 Å². The van der Waals surface area contributed by atoms with Crippen molar-refractivity contribution in [3.8, 4) is 34.1 Å². The summed E-state index contributed by atoms with van der Waals surface area (Å²) in [5, 5.41) is 13.4. The SMILES string of the molecule is Brc1ccc(-c2noc(CSc3ccc(-c4ccc5c(c4)OCO5)nn3)n2)cc1. The van der Waals surface area contributed by atoms with E-state index < -0.39 is 0 Å². The van der Waals surface area contributed by atoms with Crippen molar-refractivity contribution in [2.24, 2.45) is 0 Å².